The van der Waals surface area contributed by atoms with Crippen molar-refractivity contribution in [3.8, 4) is 0 Å². The summed E-state index contributed by atoms with van der Waals surface area (Å²) in [4.78, 5) is 0. The van der Waals surface area contributed by atoms with Gasteiger partial charge in [-0.1, -0.05) is 0 Å². The van der Waals surface area contributed by atoms with E-state index >= 15 is 0 Å². The Morgan fingerprint density at radius 3 is 2.44 bits per heavy atom. The van der Waals surface area contributed by atoms with E-state index in [1.54, 1.807) is 7.11 Å². The molecule has 0 radical (unpaired) electrons. The molecular weight excluding hydrogens is 116 g/mol. The Hall–Kier alpha value is -0.0800. The average molecular weight is 130 g/mol. The third kappa shape index (κ3) is 1.66. The highest BCUT2D eigenvalue weighted by Gasteiger charge is 2.33. The molecule has 1 fully saturated rings. The van der Waals surface area contributed by atoms with Crippen molar-refractivity contribution in [1.29, 1.82) is 0 Å². The number of aliphatic hydroxyl groups excluding tert-OH is 1. The summed E-state index contributed by atoms with van der Waals surface area (Å²) in [5, 5.41) is 9.33. The molecular formula is C7H14O2. The van der Waals surface area contributed by atoms with Gasteiger partial charge in [0.2, 0.25) is 0 Å². The van der Waals surface area contributed by atoms with E-state index in [9.17, 15) is 5.11 Å². The van der Waals surface area contributed by atoms with Crippen molar-refractivity contribution in [2.45, 2.75) is 32.0 Å². The Labute approximate surface area is 55.8 Å². The standard InChI is InChI=1S/C7H14O2/c1-5(9-2)7(8)6-3-4-6/h5-8H,3-4H2,1-2H3/t5-,7-/m0/s1. The summed E-state index contributed by atoms with van der Waals surface area (Å²) >= 11 is 0. The minimum Gasteiger partial charge on any atom is -0.390 e. The maximum atomic E-state index is 9.33. The summed E-state index contributed by atoms with van der Waals surface area (Å²) in [5.41, 5.74) is 0. The number of aliphatic hydroxyl groups is 1. The Kier molecular flexibility index (Phi) is 2.09. The van der Waals surface area contributed by atoms with Gasteiger partial charge in [0.05, 0.1) is 12.2 Å². The molecule has 2 nitrogen and oxygen atoms in total. The zero-order chi connectivity index (χ0) is 6.85. The molecule has 0 bridgehead atoms. The summed E-state index contributed by atoms with van der Waals surface area (Å²) < 4.78 is 4.96. The van der Waals surface area contributed by atoms with Crippen LogP contribution in [0.5, 0.6) is 0 Å². The first-order valence-electron chi connectivity index (χ1n) is 3.46. The second-order valence-corrected chi connectivity index (χ2v) is 2.77. The van der Waals surface area contributed by atoms with Crippen molar-refractivity contribution in [2.75, 3.05) is 7.11 Å². The minimum atomic E-state index is -0.227. The summed E-state index contributed by atoms with van der Waals surface area (Å²) in [6.07, 6.45) is 2.14. The highest BCUT2D eigenvalue weighted by molar-refractivity contribution is 4.84. The number of rotatable bonds is 3. The molecule has 1 aliphatic rings. The van der Waals surface area contributed by atoms with Gasteiger partial charge in [-0.3, -0.25) is 0 Å². The monoisotopic (exact) mass is 130 g/mol. The van der Waals surface area contributed by atoms with E-state index in [0.717, 1.165) is 0 Å². The molecule has 9 heavy (non-hydrogen) atoms. The minimum absolute atomic E-state index is 0.0116. The van der Waals surface area contributed by atoms with Crippen LogP contribution in [0, 0.1) is 5.92 Å². The molecule has 0 spiro atoms. The lowest BCUT2D eigenvalue weighted by Crippen LogP contribution is -2.26. The van der Waals surface area contributed by atoms with Crippen LogP contribution in [0.4, 0.5) is 0 Å². The van der Waals surface area contributed by atoms with Gasteiger partial charge in [0.25, 0.3) is 0 Å². The lowest BCUT2D eigenvalue weighted by molar-refractivity contribution is -0.0114. The normalized spacial score (nSPS) is 25.7. The van der Waals surface area contributed by atoms with E-state index in [1.807, 2.05) is 6.92 Å². The van der Waals surface area contributed by atoms with Gasteiger partial charge in [-0.05, 0) is 25.7 Å². The first-order chi connectivity index (χ1) is 4.25. The molecule has 0 amide bonds. The molecule has 0 heterocycles. The van der Waals surface area contributed by atoms with E-state index in [0.29, 0.717) is 5.92 Å². The lowest BCUT2D eigenvalue weighted by atomic mass is 10.1. The van der Waals surface area contributed by atoms with E-state index in [4.69, 9.17) is 4.74 Å². The maximum Gasteiger partial charge on any atom is 0.0827 e. The van der Waals surface area contributed by atoms with Gasteiger partial charge >= 0.3 is 0 Å². The SMILES string of the molecule is CO[C@@H](C)[C@H](O)C1CC1. The molecule has 1 saturated carbocycles. The molecule has 1 rings (SSSR count). The van der Waals surface area contributed by atoms with Crippen molar-refractivity contribution in [2.24, 2.45) is 5.92 Å². The quantitative estimate of drug-likeness (QED) is 0.612. The third-order valence-corrected chi connectivity index (χ3v) is 1.96. The zero-order valence-corrected chi connectivity index (χ0v) is 6.00. The van der Waals surface area contributed by atoms with Crippen LogP contribution in [0.25, 0.3) is 0 Å². The molecule has 0 aliphatic heterocycles. The zero-order valence-electron chi connectivity index (χ0n) is 6.00. The molecule has 1 aliphatic carbocycles. The molecule has 0 aromatic heterocycles. The van der Waals surface area contributed by atoms with Crippen LogP contribution in [0.3, 0.4) is 0 Å². The Morgan fingerprint density at radius 2 is 2.11 bits per heavy atom. The van der Waals surface area contributed by atoms with Crippen LogP contribution in [-0.2, 0) is 4.74 Å². The van der Waals surface area contributed by atoms with Gasteiger partial charge in [-0.2, -0.15) is 0 Å². The third-order valence-electron chi connectivity index (χ3n) is 1.96. The largest absolute Gasteiger partial charge is 0.390 e. The Morgan fingerprint density at radius 1 is 1.56 bits per heavy atom. The summed E-state index contributed by atoms with van der Waals surface area (Å²) in [7, 11) is 1.64. The average Bonchev–Trinajstić information content (AvgIpc) is 2.66. The van der Waals surface area contributed by atoms with Crippen LogP contribution >= 0.6 is 0 Å². The summed E-state index contributed by atoms with van der Waals surface area (Å²) in [6.45, 7) is 1.91. The predicted molar refractivity (Wildman–Crippen MR) is 35.2 cm³/mol. The van der Waals surface area contributed by atoms with Crippen LogP contribution in [0.2, 0.25) is 0 Å². The van der Waals surface area contributed by atoms with Crippen LogP contribution in [0.1, 0.15) is 19.8 Å². The number of methoxy groups -OCH3 is 1. The maximum absolute atomic E-state index is 9.33. The molecule has 54 valence electrons. The fourth-order valence-electron chi connectivity index (χ4n) is 0.960. The number of hydrogen-bond donors (Lipinski definition) is 1. The highest BCUT2D eigenvalue weighted by Crippen LogP contribution is 2.34. The van der Waals surface area contributed by atoms with Gasteiger partial charge in [0.1, 0.15) is 0 Å². The van der Waals surface area contributed by atoms with Crippen molar-refractivity contribution in [3.63, 3.8) is 0 Å². The molecule has 1 N–H and O–H groups in total. The summed E-state index contributed by atoms with van der Waals surface area (Å²) in [5.74, 6) is 0.528. The van der Waals surface area contributed by atoms with E-state index in [1.165, 1.54) is 12.8 Å². The molecule has 0 saturated heterocycles. The second kappa shape index (κ2) is 2.67. The first kappa shape index (κ1) is 7.03. The fourth-order valence-corrected chi connectivity index (χ4v) is 0.960. The topological polar surface area (TPSA) is 29.5 Å². The van der Waals surface area contributed by atoms with Gasteiger partial charge in [0, 0.05) is 7.11 Å². The highest BCUT2D eigenvalue weighted by atomic mass is 16.5. The fraction of sp³-hybridized carbons (Fsp3) is 1.00. The molecule has 0 aromatic carbocycles. The molecule has 0 aromatic rings. The second-order valence-electron chi connectivity index (χ2n) is 2.77. The first-order valence-corrected chi connectivity index (χ1v) is 3.46. The number of hydrogen-bond acceptors (Lipinski definition) is 2. The predicted octanol–water partition coefficient (Wildman–Crippen LogP) is 0.792. The van der Waals surface area contributed by atoms with Gasteiger partial charge in [-0.25, -0.2) is 0 Å². The van der Waals surface area contributed by atoms with Crippen LogP contribution in [0.15, 0.2) is 0 Å². The van der Waals surface area contributed by atoms with E-state index in [-0.39, 0.29) is 12.2 Å². The van der Waals surface area contributed by atoms with Gasteiger partial charge in [0.15, 0.2) is 0 Å². The molecule has 2 atom stereocenters. The van der Waals surface area contributed by atoms with Crippen molar-refractivity contribution in [3.05, 3.63) is 0 Å². The molecule has 0 unspecified atom stereocenters. The number of ether oxygens (including phenoxy) is 1. The van der Waals surface area contributed by atoms with Crippen molar-refractivity contribution < 1.29 is 9.84 Å². The Balaban J connectivity index is 2.22. The van der Waals surface area contributed by atoms with Gasteiger partial charge < -0.3 is 9.84 Å². The summed E-state index contributed by atoms with van der Waals surface area (Å²) in [6, 6.07) is 0. The van der Waals surface area contributed by atoms with Crippen LogP contribution < -0.4 is 0 Å². The lowest BCUT2D eigenvalue weighted by Gasteiger charge is -2.15. The van der Waals surface area contributed by atoms with Gasteiger partial charge in [-0.15, -0.1) is 0 Å². The smallest absolute Gasteiger partial charge is 0.0827 e. The van der Waals surface area contributed by atoms with E-state index < -0.39 is 0 Å². The molecule has 2 heteroatoms. The van der Waals surface area contributed by atoms with Crippen molar-refractivity contribution >= 4 is 0 Å². The Bertz CT molecular complexity index is 88.9. The van der Waals surface area contributed by atoms with Crippen molar-refractivity contribution in [1.82, 2.24) is 0 Å². The van der Waals surface area contributed by atoms with E-state index in [2.05, 4.69) is 0 Å². The van der Waals surface area contributed by atoms with Crippen LogP contribution in [-0.4, -0.2) is 24.4 Å².